The zero-order valence-corrected chi connectivity index (χ0v) is 33.8. The van der Waals surface area contributed by atoms with Crippen LogP contribution in [0.25, 0.3) is 110 Å². The summed E-state index contributed by atoms with van der Waals surface area (Å²) in [5, 5.41) is 2.47. The van der Waals surface area contributed by atoms with Crippen molar-refractivity contribution in [3.63, 3.8) is 0 Å². The van der Waals surface area contributed by atoms with Gasteiger partial charge in [0.05, 0.1) is 22.8 Å². The van der Waals surface area contributed by atoms with Crippen LogP contribution in [0.1, 0.15) is 0 Å². The molecular weight excluding hydrogens is 761 g/mol. The Labute approximate surface area is 358 Å². The van der Waals surface area contributed by atoms with Crippen molar-refractivity contribution in [1.29, 1.82) is 0 Å². The lowest BCUT2D eigenvalue weighted by Gasteiger charge is -2.15. The predicted octanol–water partition coefficient (Wildman–Crippen LogP) is 15.0. The topological polar surface area (TPSA) is 51.6 Å². The Morgan fingerprint density at radius 3 is 1.16 bits per heavy atom. The molecule has 0 aliphatic carbocycles. The average molecular weight is 797 g/mol. The molecule has 61 heavy (non-hydrogen) atoms. The van der Waals surface area contributed by atoms with Gasteiger partial charge in [0.2, 0.25) is 0 Å². The third kappa shape index (κ3) is 7.07. The fourth-order valence-electron chi connectivity index (χ4n) is 8.18. The van der Waals surface area contributed by atoms with Gasteiger partial charge in [0.1, 0.15) is 0 Å². The molecule has 0 spiro atoms. The van der Waals surface area contributed by atoms with Crippen molar-refractivity contribution in [3.05, 3.63) is 218 Å². The molecule has 5 heteroatoms. The monoisotopic (exact) mass is 796 g/mol. The van der Waals surface area contributed by atoms with Crippen molar-refractivity contribution in [2.75, 3.05) is 0 Å². The number of rotatable bonds is 8. The second-order valence-electron chi connectivity index (χ2n) is 15.0. The maximum atomic E-state index is 5.20. The van der Waals surface area contributed by atoms with E-state index in [2.05, 4.69) is 194 Å². The quantitative estimate of drug-likeness (QED) is 0.154. The summed E-state index contributed by atoms with van der Waals surface area (Å²) in [5.41, 5.74) is 14.1. The van der Waals surface area contributed by atoms with E-state index in [4.69, 9.17) is 19.9 Å². The molecule has 0 amide bonds. The highest BCUT2D eigenvalue weighted by Crippen LogP contribution is 2.46. The molecular formula is C56H36N4S. The van der Waals surface area contributed by atoms with E-state index in [1.807, 2.05) is 35.6 Å². The van der Waals surface area contributed by atoms with Gasteiger partial charge >= 0.3 is 0 Å². The second kappa shape index (κ2) is 15.7. The number of hydrogen-bond acceptors (Lipinski definition) is 5. The number of thiophene rings is 1. The van der Waals surface area contributed by atoms with Crippen LogP contribution in [0.15, 0.2) is 218 Å². The Hall–Kier alpha value is -7.86. The smallest absolute Gasteiger partial charge is 0.160 e. The molecule has 0 N–H and O–H groups in total. The van der Waals surface area contributed by atoms with Gasteiger partial charge in [-0.2, -0.15) is 0 Å². The van der Waals surface area contributed by atoms with Crippen LogP contribution in [-0.4, -0.2) is 19.9 Å². The van der Waals surface area contributed by atoms with Crippen molar-refractivity contribution in [2.45, 2.75) is 0 Å². The zero-order chi connectivity index (χ0) is 40.5. The van der Waals surface area contributed by atoms with Gasteiger partial charge in [-0.1, -0.05) is 182 Å². The lowest BCUT2D eigenvalue weighted by atomic mass is 9.89. The highest BCUT2D eigenvalue weighted by molar-refractivity contribution is 7.26. The maximum absolute atomic E-state index is 5.20. The van der Waals surface area contributed by atoms with Crippen LogP contribution in [0, 0.1) is 0 Å². The molecule has 8 aromatic carbocycles. The largest absolute Gasteiger partial charge is 0.228 e. The van der Waals surface area contributed by atoms with Gasteiger partial charge in [-0.3, -0.25) is 0 Å². The van der Waals surface area contributed by atoms with Gasteiger partial charge in [0, 0.05) is 53.6 Å². The van der Waals surface area contributed by atoms with E-state index in [9.17, 15) is 0 Å². The molecule has 0 saturated carbocycles. The van der Waals surface area contributed by atoms with E-state index in [1.165, 1.54) is 25.7 Å². The van der Waals surface area contributed by atoms with Gasteiger partial charge in [0.25, 0.3) is 0 Å². The molecule has 4 nitrogen and oxygen atoms in total. The number of benzene rings is 8. The Balaban J connectivity index is 1.10. The molecule has 286 valence electrons. The Morgan fingerprint density at radius 2 is 0.672 bits per heavy atom. The summed E-state index contributed by atoms with van der Waals surface area (Å²) in [6, 6.07) is 76.2. The molecule has 0 saturated heterocycles. The van der Waals surface area contributed by atoms with Crippen LogP contribution in [0.5, 0.6) is 0 Å². The summed E-state index contributed by atoms with van der Waals surface area (Å²) in [6.45, 7) is 0. The molecule has 11 rings (SSSR count). The molecule has 3 heterocycles. The first-order chi connectivity index (χ1) is 30.2. The summed E-state index contributed by atoms with van der Waals surface area (Å²) < 4.78 is 2.49. The zero-order valence-electron chi connectivity index (χ0n) is 33.0. The standard InChI is InChI=1S/C56H36N4S/c1-5-17-37(18-6-1)47-35-48(38-19-7-2-8-20-38)58-55(57-47)43-27-15-25-41(33-43)45-31-32-52-54(46-29-13-14-30-51(46)61-52)53(45)42-26-16-28-44(34-42)56-59-49(39-21-9-3-10-22-39)36-50(60-56)40-23-11-4-12-24-40/h1-36H. The molecule has 0 aliphatic heterocycles. The van der Waals surface area contributed by atoms with Gasteiger partial charge in [-0.25, -0.2) is 19.9 Å². The molecule has 0 bridgehead atoms. The van der Waals surface area contributed by atoms with Crippen LogP contribution < -0.4 is 0 Å². The highest BCUT2D eigenvalue weighted by Gasteiger charge is 2.19. The van der Waals surface area contributed by atoms with Crippen LogP contribution in [0.3, 0.4) is 0 Å². The predicted molar refractivity (Wildman–Crippen MR) is 254 cm³/mol. The Morgan fingerprint density at radius 1 is 0.279 bits per heavy atom. The van der Waals surface area contributed by atoms with E-state index in [-0.39, 0.29) is 0 Å². The van der Waals surface area contributed by atoms with E-state index in [0.29, 0.717) is 11.6 Å². The van der Waals surface area contributed by atoms with E-state index >= 15 is 0 Å². The van der Waals surface area contributed by atoms with E-state index in [0.717, 1.165) is 72.8 Å². The van der Waals surface area contributed by atoms with Crippen LogP contribution in [-0.2, 0) is 0 Å². The first-order valence-electron chi connectivity index (χ1n) is 20.4. The van der Waals surface area contributed by atoms with Gasteiger partial charge < -0.3 is 0 Å². The molecule has 0 radical (unpaired) electrons. The van der Waals surface area contributed by atoms with Crippen molar-refractivity contribution < 1.29 is 0 Å². The van der Waals surface area contributed by atoms with Crippen molar-refractivity contribution in [2.24, 2.45) is 0 Å². The molecule has 0 aliphatic rings. The molecule has 3 aromatic heterocycles. The third-order valence-electron chi connectivity index (χ3n) is 11.1. The number of nitrogens with zero attached hydrogens (tertiary/aromatic N) is 4. The third-order valence-corrected chi connectivity index (χ3v) is 12.3. The lowest BCUT2D eigenvalue weighted by molar-refractivity contribution is 1.18. The Kier molecular flexibility index (Phi) is 9.34. The van der Waals surface area contributed by atoms with Gasteiger partial charge in [0.15, 0.2) is 11.6 Å². The minimum Gasteiger partial charge on any atom is -0.228 e. The molecule has 0 unspecified atom stereocenters. The first-order valence-corrected chi connectivity index (χ1v) is 21.2. The summed E-state index contributed by atoms with van der Waals surface area (Å²) in [4.78, 5) is 20.7. The van der Waals surface area contributed by atoms with Crippen molar-refractivity contribution in [1.82, 2.24) is 19.9 Å². The van der Waals surface area contributed by atoms with Gasteiger partial charge in [-0.05, 0) is 58.7 Å². The summed E-state index contributed by atoms with van der Waals surface area (Å²) in [6.07, 6.45) is 0. The van der Waals surface area contributed by atoms with Crippen molar-refractivity contribution >= 4 is 31.5 Å². The molecule has 0 fully saturated rings. The summed E-state index contributed by atoms with van der Waals surface area (Å²) >= 11 is 1.83. The number of hydrogen-bond donors (Lipinski definition) is 0. The molecule has 0 atom stereocenters. The fourth-order valence-corrected chi connectivity index (χ4v) is 9.29. The van der Waals surface area contributed by atoms with Crippen LogP contribution in [0.2, 0.25) is 0 Å². The minimum atomic E-state index is 0.678. The maximum Gasteiger partial charge on any atom is 0.160 e. The van der Waals surface area contributed by atoms with Crippen LogP contribution in [0.4, 0.5) is 0 Å². The first kappa shape index (κ1) is 36.2. The van der Waals surface area contributed by atoms with E-state index < -0.39 is 0 Å². The number of aromatic nitrogens is 4. The van der Waals surface area contributed by atoms with Gasteiger partial charge in [-0.15, -0.1) is 11.3 Å². The molecule has 11 aromatic rings. The second-order valence-corrected chi connectivity index (χ2v) is 16.1. The lowest BCUT2D eigenvalue weighted by Crippen LogP contribution is -1.97. The SMILES string of the molecule is c1ccc(-c2cc(-c3ccccc3)nc(-c3cccc(-c4ccc5sc6ccccc6c5c4-c4cccc(-c5nc(-c6ccccc6)cc(-c6ccccc6)n5)c4)c3)n2)cc1. The van der Waals surface area contributed by atoms with E-state index in [1.54, 1.807) is 0 Å². The average Bonchev–Trinajstić information content (AvgIpc) is 3.73. The Bertz CT molecular complexity index is 3230. The summed E-state index contributed by atoms with van der Waals surface area (Å²) in [7, 11) is 0. The number of fused-ring (bicyclic) bond motifs is 3. The van der Waals surface area contributed by atoms with Crippen molar-refractivity contribution in [3.8, 4) is 90.1 Å². The highest BCUT2D eigenvalue weighted by atomic mass is 32.1. The fraction of sp³-hybridized carbons (Fsp3) is 0. The van der Waals surface area contributed by atoms with Crippen LogP contribution >= 0.6 is 11.3 Å². The normalized spacial score (nSPS) is 11.3. The summed E-state index contributed by atoms with van der Waals surface area (Å²) in [5.74, 6) is 1.36. The minimum absolute atomic E-state index is 0.678.